The first-order valence-electron chi connectivity index (χ1n) is 5.89. The minimum atomic E-state index is -4.34. The molecule has 1 heterocycles. The first-order valence-corrected chi connectivity index (χ1v) is 6.27. The second kappa shape index (κ2) is 5.71. The van der Waals surface area contributed by atoms with Crippen molar-refractivity contribution in [2.75, 3.05) is 5.32 Å². The molecule has 0 fully saturated rings. The van der Waals surface area contributed by atoms with E-state index in [1.807, 2.05) is 6.92 Å². The molecular weight excluding hydrogens is 289 g/mol. The third-order valence-corrected chi connectivity index (χ3v) is 3.12. The SMILES string of the molecule is Cc1ccnc(Cl)c1NCc1cccc(C(F)(F)F)c1. The molecule has 0 spiro atoms. The summed E-state index contributed by atoms with van der Waals surface area (Å²) in [6, 6.07) is 6.96. The van der Waals surface area contributed by atoms with E-state index in [2.05, 4.69) is 10.3 Å². The predicted molar refractivity (Wildman–Crippen MR) is 72.8 cm³/mol. The lowest BCUT2D eigenvalue weighted by Gasteiger charge is -2.12. The van der Waals surface area contributed by atoms with E-state index in [9.17, 15) is 13.2 Å². The van der Waals surface area contributed by atoms with Gasteiger partial charge < -0.3 is 5.32 Å². The maximum absolute atomic E-state index is 12.6. The summed E-state index contributed by atoms with van der Waals surface area (Å²) in [5, 5.41) is 3.32. The summed E-state index contributed by atoms with van der Waals surface area (Å²) in [5.41, 5.74) is 1.38. The third-order valence-electron chi connectivity index (χ3n) is 2.84. The van der Waals surface area contributed by atoms with Crippen molar-refractivity contribution in [1.82, 2.24) is 4.98 Å². The fourth-order valence-corrected chi connectivity index (χ4v) is 2.06. The van der Waals surface area contributed by atoms with Crippen LogP contribution in [-0.4, -0.2) is 4.98 Å². The predicted octanol–water partition coefficient (Wildman–Crippen LogP) is 4.67. The Hall–Kier alpha value is -1.75. The number of anilines is 1. The van der Waals surface area contributed by atoms with Gasteiger partial charge in [-0.15, -0.1) is 0 Å². The van der Waals surface area contributed by atoms with E-state index in [1.165, 1.54) is 6.07 Å². The zero-order valence-corrected chi connectivity index (χ0v) is 11.4. The summed E-state index contributed by atoms with van der Waals surface area (Å²) in [6.45, 7) is 2.10. The first kappa shape index (κ1) is 14.7. The van der Waals surface area contributed by atoms with E-state index < -0.39 is 11.7 Å². The summed E-state index contributed by atoms with van der Waals surface area (Å²) in [6.07, 6.45) is -2.76. The molecule has 20 heavy (non-hydrogen) atoms. The molecule has 0 bridgehead atoms. The van der Waals surface area contributed by atoms with Gasteiger partial charge in [0.1, 0.15) is 0 Å². The average Bonchev–Trinajstić information content (AvgIpc) is 2.37. The van der Waals surface area contributed by atoms with Gasteiger partial charge in [-0.1, -0.05) is 23.7 Å². The number of pyridine rings is 1. The van der Waals surface area contributed by atoms with Gasteiger partial charge in [0.05, 0.1) is 11.3 Å². The third kappa shape index (κ3) is 3.42. The number of benzene rings is 1. The number of aromatic nitrogens is 1. The molecule has 0 unspecified atom stereocenters. The Morgan fingerprint density at radius 2 is 2.00 bits per heavy atom. The maximum atomic E-state index is 12.6. The van der Waals surface area contributed by atoms with Gasteiger partial charge in [-0.25, -0.2) is 4.98 Å². The van der Waals surface area contributed by atoms with Crippen LogP contribution in [0.2, 0.25) is 5.15 Å². The molecule has 0 aliphatic heterocycles. The van der Waals surface area contributed by atoms with Crippen LogP contribution < -0.4 is 5.32 Å². The number of hydrogen-bond donors (Lipinski definition) is 1. The molecule has 0 saturated carbocycles. The van der Waals surface area contributed by atoms with E-state index in [0.29, 0.717) is 16.4 Å². The number of rotatable bonds is 3. The van der Waals surface area contributed by atoms with Crippen molar-refractivity contribution in [3.05, 3.63) is 58.4 Å². The molecule has 0 aliphatic carbocycles. The van der Waals surface area contributed by atoms with Gasteiger partial charge in [-0.2, -0.15) is 13.2 Å². The van der Waals surface area contributed by atoms with Crippen LogP contribution in [0.15, 0.2) is 36.5 Å². The zero-order valence-electron chi connectivity index (χ0n) is 10.6. The highest BCUT2D eigenvalue weighted by Crippen LogP contribution is 2.30. The first-order chi connectivity index (χ1) is 9.38. The van der Waals surface area contributed by atoms with Crippen molar-refractivity contribution in [3.8, 4) is 0 Å². The molecule has 6 heteroatoms. The minimum absolute atomic E-state index is 0.246. The number of alkyl halides is 3. The summed E-state index contributed by atoms with van der Waals surface area (Å²) >= 11 is 5.95. The van der Waals surface area contributed by atoms with Crippen molar-refractivity contribution in [2.24, 2.45) is 0 Å². The van der Waals surface area contributed by atoms with Crippen molar-refractivity contribution in [2.45, 2.75) is 19.6 Å². The van der Waals surface area contributed by atoms with Gasteiger partial charge in [0.2, 0.25) is 0 Å². The number of nitrogens with zero attached hydrogens (tertiary/aromatic N) is 1. The number of hydrogen-bond acceptors (Lipinski definition) is 2. The topological polar surface area (TPSA) is 24.9 Å². The molecule has 0 radical (unpaired) electrons. The molecule has 1 aromatic heterocycles. The summed E-state index contributed by atoms with van der Waals surface area (Å²) in [4.78, 5) is 3.93. The van der Waals surface area contributed by atoms with Crippen LogP contribution >= 0.6 is 11.6 Å². The molecule has 106 valence electrons. The number of halogens is 4. The van der Waals surface area contributed by atoms with Crippen LogP contribution in [0.3, 0.4) is 0 Å². The van der Waals surface area contributed by atoms with Crippen molar-refractivity contribution >= 4 is 17.3 Å². The summed E-state index contributed by atoms with van der Waals surface area (Å²) < 4.78 is 37.8. The van der Waals surface area contributed by atoms with Crippen molar-refractivity contribution in [1.29, 1.82) is 0 Å². The van der Waals surface area contributed by atoms with Crippen LogP contribution in [0, 0.1) is 6.92 Å². The van der Waals surface area contributed by atoms with E-state index in [4.69, 9.17) is 11.6 Å². The molecular formula is C14H12ClF3N2. The molecule has 0 atom stereocenters. The average molecular weight is 301 g/mol. The quantitative estimate of drug-likeness (QED) is 0.833. The Morgan fingerprint density at radius 3 is 2.65 bits per heavy atom. The van der Waals surface area contributed by atoms with Crippen LogP contribution in [0.25, 0.3) is 0 Å². The largest absolute Gasteiger partial charge is 0.416 e. The molecule has 1 N–H and O–H groups in total. The highest BCUT2D eigenvalue weighted by Gasteiger charge is 2.30. The van der Waals surface area contributed by atoms with E-state index in [1.54, 1.807) is 18.3 Å². The second-order valence-corrected chi connectivity index (χ2v) is 4.70. The van der Waals surface area contributed by atoms with Crippen molar-refractivity contribution in [3.63, 3.8) is 0 Å². The molecule has 1 aromatic carbocycles. The van der Waals surface area contributed by atoms with Crippen LogP contribution in [0.1, 0.15) is 16.7 Å². The minimum Gasteiger partial charge on any atom is -0.378 e. The monoisotopic (exact) mass is 300 g/mol. The van der Waals surface area contributed by atoms with Gasteiger partial charge in [0.15, 0.2) is 5.15 Å². The van der Waals surface area contributed by atoms with E-state index in [-0.39, 0.29) is 6.54 Å². The van der Waals surface area contributed by atoms with E-state index in [0.717, 1.165) is 17.7 Å². The maximum Gasteiger partial charge on any atom is 0.416 e. The zero-order chi connectivity index (χ0) is 14.8. The standard InChI is InChI=1S/C14H12ClF3N2/c1-9-5-6-19-13(15)12(9)20-8-10-3-2-4-11(7-10)14(16,17)18/h2-7,20H,8H2,1H3. The Balaban J connectivity index is 2.16. The summed E-state index contributed by atoms with van der Waals surface area (Å²) in [5.74, 6) is 0. The number of aryl methyl sites for hydroxylation is 1. The second-order valence-electron chi connectivity index (χ2n) is 4.35. The van der Waals surface area contributed by atoms with E-state index >= 15 is 0 Å². The summed E-state index contributed by atoms with van der Waals surface area (Å²) in [7, 11) is 0. The normalized spacial score (nSPS) is 11.4. The van der Waals surface area contributed by atoms with Gasteiger partial charge in [-0.05, 0) is 36.2 Å². The van der Waals surface area contributed by atoms with Gasteiger partial charge in [0.25, 0.3) is 0 Å². The number of nitrogens with one attached hydrogen (secondary N) is 1. The fourth-order valence-electron chi connectivity index (χ4n) is 1.79. The fraction of sp³-hybridized carbons (Fsp3) is 0.214. The van der Waals surface area contributed by atoms with Crippen LogP contribution in [0.4, 0.5) is 18.9 Å². The van der Waals surface area contributed by atoms with Crippen molar-refractivity contribution < 1.29 is 13.2 Å². The van der Waals surface area contributed by atoms with Crippen LogP contribution in [0.5, 0.6) is 0 Å². The Bertz CT molecular complexity index is 591. The van der Waals surface area contributed by atoms with Gasteiger partial charge in [0, 0.05) is 12.7 Å². The Labute approximate surface area is 119 Å². The highest BCUT2D eigenvalue weighted by molar-refractivity contribution is 6.32. The molecule has 2 aromatic rings. The molecule has 0 amide bonds. The molecule has 0 aliphatic rings. The molecule has 2 rings (SSSR count). The lowest BCUT2D eigenvalue weighted by molar-refractivity contribution is -0.137. The Morgan fingerprint density at radius 1 is 1.25 bits per heavy atom. The lowest BCUT2D eigenvalue weighted by Crippen LogP contribution is -2.07. The van der Waals surface area contributed by atoms with Gasteiger partial charge in [-0.3, -0.25) is 0 Å². The molecule has 0 saturated heterocycles. The Kier molecular flexibility index (Phi) is 4.18. The van der Waals surface area contributed by atoms with Gasteiger partial charge >= 0.3 is 6.18 Å². The molecule has 2 nitrogen and oxygen atoms in total. The smallest absolute Gasteiger partial charge is 0.378 e. The van der Waals surface area contributed by atoms with Crippen LogP contribution in [-0.2, 0) is 12.7 Å². The lowest BCUT2D eigenvalue weighted by atomic mass is 10.1. The highest BCUT2D eigenvalue weighted by atomic mass is 35.5.